The van der Waals surface area contributed by atoms with E-state index in [2.05, 4.69) is 5.32 Å². The second kappa shape index (κ2) is 7.60. The topological polar surface area (TPSA) is 143 Å². The Morgan fingerprint density at radius 2 is 1.95 bits per heavy atom. The molecule has 0 fully saturated rings. The van der Waals surface area contributed by atoms with Crippen LogP contribution in [0.15, 0.2) is 36.0 Å². The average Bonchev–Trinajstić information content (AvgIpc) is 2.51. The van der Waals surface area contributed by atoms with Crippen LogP contribution in [0.5, 0.6) is 0 Å². The van der Waals surface area contributed by atoms with Crippen molar-refractivity contribution in [2.24, 2.45) is 0 Å². The molecule has 8 nitrogen and oxygen atoms in total. The normalized spacial score (nSPS) is 12.4. The Bertz CT molecular complexity index is 597. The zero-order valence-electron chi connectivity index (χ0n) is 10.8. The summed E-state index contributed by atoms with van der Waals surface area (Å²) in [6.45, 7) is -0.460. The van der Waals surface area contributed by atoms with Gasteiger partial charge in [0, 0.05) is 18.3 Å². The lowest BCUT2D eigenvalue weighted by Crippen LogP contribution is -2.35. The number of nitro benzene ring substituents is 1. The van der Waals surface area contributed by atoms with Crippen molar-refractivity contribution in [3.05, 3.63) is 51.7 Å². The van der Waals surface area contributed by atoms with Crippen molar-refractivity contribution in [3.63, 3.8) is 0 Å². The number of hydrogen-bond acceptors (Lipinski definition) is 7. The summed E-state index contributed by atoms with van der Waals surface area (Å²) >= 11 is 0. The Hall–Kier alpha value is -2.94. The highest BCUT2D eigenvalue weighted by Gasteiger charge is 2.20. The lowest BCUT2D eigenvalue weighted by Gasteiger charge is -2.21. The summed E-state index contributed by atoms with van der Waals surface area (Å²) in [7, 11) is 0. The van der Waals surface area contributed by atoms with E-state index in [4.69, 9.17) is 10.5 Å². The van der Waals surface area contributed by atoms with E-state index in [1.807, 2.05) is 0 Å². The second-order valence-electron chi connectivity index (χ2n) is 4.03. The Labute approximate surface area is 120 Å². The van der Waals surface area contributed by atoms with Crippen molar-refractivity contribution >= 4 is 5.69 Å². The van der Waals surface area contributed by atoms with Crippen LogP contribution in [-0.4, -0.2) is 27.8 Å². The van der Waals surface area contributed by atoms with E-state index < -0.39 is 23.7 Å². The number of allylic oxidation sites excluding steroid dienone is 1. The third-order valence-electron chi connectivity index (χ3n) is 2.71. The number of hydrogen-bond donors (Lipinski definition) is 3. The molecular formula is C13H12N4O4. The largest absolute Gasteiger partial charge is 0.394 e. The molecule has 2 atom stereocenters. The summed E-state index contributed by atoms with van der Waals surface area (Å²) in [5.74, 6) is 0. The third-order valence-corrected chi connectivity index (χ3v) is 2.71. The van der Waals surface area contributed by atoms with Crippen molar-refractivity contribution in [3.8, 4) is 12.1 Å². The van der Waals surface area contributed by atoms with Crippen LogP contribution in [0.1, 0.15) is 11.7 Å². The molecule has 0 aliphatic heterocycles. The summed E-state index contributed by atoms with van der Waals surface area (Å²) < 4.78 is 0. The summed E-state index contributed by atoms with van der Waals surface area (Å²) in [6, 6.07) is 7.60. The minimum atomic E-state index is -1.16. The SMILES string of the molecule is N#CC(C#N)=CN[C@@H](CO)[C@@H](O)c1ccc([N+](=O)[O-])cc1. The van der Waals surface area contributed by atoms with E-state index >= 15 is 0 Å². The van der Waals surface area contributed by atoms with Gasteiger partial charge in [-0.05, 0) is 17.7 Å². The number of non-ortho nitro benzene ring substituents is 1. The lowest BCUT2D eigenvalue weighted by atomic mass is 10.0. The molecule has 0 saturated carbocycles. The number of nitro groups is 1. The zero-order valence-corrected chi connectivity index (χ0v) is 10.8. The first-order valence-corrected chi connectivity index (χ1v) is 5.83. The number of benzene rings is 1. The lowest BCUT2D eigenvalue weighted by molar-refractivity contribution is -0.384. The molecule has 0 spiro atoms. The fraction of sp³-hybridized carbons (Fsp3) is 0.231. The monoisotopic (exact) mass is 288 g/mol. The zero-order chi connectivity index (χ0) is 15.8. The highest BCUT2D eigenvalue weighted by Crippen LogP contribution is 2.20. The fourth-order valence-corrected chi connectivity index (χ4v) is 1.55. The van der Waals surface area contributed by atoms with Crippen molar-refractivity contribution in [2.45, 2.75) is 12.1 Å². The number of nitrogens with one attached hydrogen (secondary N) is 1. The van der Waals surface area contributed by atoms with Crippen LogP contribution in [0.2, 0.25) is 0 Å². The number of aliphatic hydroxyl groups is 2. The average molecular weight is 288 g/mol. The minimum Gasteiger partial charge on any atom is -0.394 e. The van der Waals surface area contributed by atoms with Crippen LogP contribution < -0.4 is 5.32 Å². The molecule has 0 heterocycles. The molecule has 0 unspecified atom stereocenters. The molecule has 0 bridgehead atoms. The number of aliphatic hydroxyl groups excluding tert-OH is 2. The summed E-state index contributed by atoms with van der Waals surface area (Å²) in [6.07, 6.45) is -0.0686. The van der Waals surface area contributed by atoms with Crippen LogP contribution in [-0.2, 0) is 0 Å². The van der Waals surface area contributed by atoms with Gasteiger partial charge in [0.1, 0.15) is 23.8 Å². The van der Waals surface area contributed by atoms with Crippen LogP contribution in [0.25, 0.3) is 0 Å². The van der Waals surface area contributed by atoms with E-state index in [9.17, 15) is 20.3 Å². The molecular weight excluding hydrogens is 276 g/mol. The van der Waals surface area contributed by atoms with Crippen molar-refractivity contribution in [1.29, 1.82) is 10.5 Å². The van der Waals surface area contributed by atoms with Crippen molar-refractivity contribution < 1.29 is 15.1 Å². The summed E-state index contributed by atoms with van der Waals surface area (Å²) in [5, 5.41) is 49.6. The molecule has 0 aliphatic rings. The Balaban J connectivity index is 2.86. The molecule has 1 aromatic carbocycles. The number of nitriles is 2. The molecule has 1 rings (SSSR count). The van der Waals surface area contributed by atoms with Gasteiger partial charge in [0.25, 0.3) is 5.69 Å². The van der Waals surface area contributed by atoms with E-state index in [0.29, 0.717) is 5.56 Å². The van der Waals surface area contributed by atoms with E-state index in [0.717, 1.165) is 6.20 Å². The van der Waals surface area contributed by atoms with Gasteiger partial charge in [0.2, 0.25) is 0 Å². The predicted molar refractivity (Wildman–Crippen MR) is 71.4 cm³/mol. The molecule has 21 heavy (non-hydrogen) atoms. The first-order chi connectivity index (χ1) is 10.0. The summed E-state index contributed by atoms with van der Waals surface area (Å²) in [4.78, 5) is 9.97. The van der Waals surface area contributed by atoms with E-state index in [1.165, 1.54) is 24.3 Å². The maximum Gasteiger partial charge on any atom is 0.269 e. The standard InChI is InChI=1S/C13H12N4O4/c14-5-9(6-15)7-16-12(8-18)13(19)10-1-3-11(4-2-10)17(20)21/h1-4,7,12-13,16,18-19H,8H2/t12-,13-/m0/s1. The Morgan fingerprint density at radius 1 is 1.38 bits per heavy atom. The second-order valence-corrected chi connectivity index (χ2v) is 4.03. The molecule has 1 aromatic rings. The molecule has 3 N–H and O–H groups in total. The molecule has 8 heteroatoms. The van der Waals surface area contributed by atoms with E-state index in [-0.39, 0.29) is 11.3 Å². The summed E-state index contributed by atoms with van der Waals surface area (Å²) in [5.41, 5.74) is 0.0379. The van der Waals surface area contributed by atoms with Gasteiger partial charge < -0.3 is 15.5 Å². The quantitative estimate of drug-likeness (QED) is 0.393. The Kier molecular flexibility index (Phi) is 5.83. The number of nitrogens with zero attached hydrogens (tertiary/aromatic N) is 3. The highest BCUT2D eigenvalue weighted by molar-refractivity contribution is 5.35. The molecule has 0 radical (unpaired) electrons. The van der Waals surface area contributed by atoms with Gasteiger partial charge in [-0.25, -0.2) is 0 Å². The van der Waals surface area contributed by atoms with Crippen LogP contribution in [0.4, 0.5) is 5.69 Å². The van der Waals surface area contributed by atoms with Gasteiger partial charge in [-0.3, -0.25) is 10.1 Å². The first-order valence-electron chi connectivity index (χ1n) is 5.83. The molecule has 0 aliphatic carbocycles. The van der Waals surface area contributed by atoms with Gasteiger partial charge in [0.15, 0.2) is 0 Å². The minimum absolute atomic E-state index is 0.115. The number of rotatable bonds is 6. The maximum atomic E-state index is 10.5. The first kappa shape index (κ1) is 16.1. The smallest absolute Gasteiger partial charge is 0.269 e. The Morgan fingerprint density at radius 3 is 2.38 bits per heavy atom. The van der Waals surface area contributed by atoms with Gasteiger partial charge in [-0.2, -0.15) is 10.5 Å². The molecule has 0 saturated heterocycles. The maximum absolute atomic E-state index is 10.5. The van der Waals surface area contributed by atoms with E-state index in [1.54, 1.807) is 12.1 Å². The van der Waals surface area contributed by atoms with Gasteiger partial charge in [-0.1, -0.05) is 0 Å². The van der Waals surface area contributed by atoms with Crippen LogP contribution >= 0.6 is 0 Å². The third kappa shape index (κ3) is 4.28. The fourth-order valence-electron chi connectivity index (χ4n) is 1.55. The highest BCUT2D eigenvalue weighted by atomic mass is 16.6. The predicted octanol–water partition coefficient (Wildman–Crippen LogP) is 0.510. The van der Waals surface area contributed by atoms with Gasteiger partial charge in [-0.15, -0.1) is 0 Å². The molecule has 0 amide bonds. The molecule has 0 aromatic heterocycles. The molecule has 108 valence electrons. The van der Waals surface area contributed by atoms with Crippen molar-refractivity contribution in [2.75, 3.05) is 6.61 Å². The van der Waals surface area contributed by atoms with Crippen molar-refractivity contribution in [1.82, 2.24) is 5.32 Å². The van der Waals surface area contributed by atoms with Gasteiger partial charge >= 0.3 is 0 Å². The van der Waals surface area contributed by atoms with Crippen LogP contribution in [0, 0.1) is 32.8 Å². The van der Waals surface area contributed by atoms with Gasteiger partial charge in [0.05, 0.1) is 17.6 Å². The van der Waals surface area contributed by atoms with Crippen LogP contribution in [0.3, 0.4) is 0 Å².